The summed E-state index contributed by atoms with van der Waals surface area (Å²) in [5, 5.41) is 7.95. The molecule has 0 aliphatic carbocycles. The van der Waals surface area contributed by atoms with Crippen molar-refractivity contribution in [2.24, 2.45) is 5.41 Å². The molecule has 2 fully saturated rings. The maximum atomic E-state index is 12.2. The smallest absolute Gasteiger partial charge is 0.317 e. The molecule has 6 heteroatoms. The molecule has 0 unspecified atom stereocenters. The van der Waals surface area contributed by atoms with Gasteiger partial charge < -0.3 is 15.5 Å². The van der Waals surface area contributed by atoms with Crippen molar-refractivity contribution in [3.63, 3.8) is 0 Å². The Labute approximate surface area is 128 Å². The highest BCUT2D eigenvalue weighted by atomic mass is 32.1. The van der Waals surface area contributed by atoms with Crippen LogP contribution in [0.5, 0.6) is 0 Å². The number of hydrogen-bond donors (Lipinski definition) is 2. The molecular weight excluding hydrogens is 286 g/mol. The summed E-state index contributed by atoms with van der Waals surface area (Å²) in [6.07, 6.45) is 3.57. The van der Waals surface area contributed by atoms with Crippen LogP contribution in [0.3, 0.4) is 0 Å². The fraction of sp³-hybridized carbons (Fsp3) is 0.600. The van der Waals surface area contributed by atoms with Crippen LogP contribution in [0, 0.1) is 5.41 Å². The third-order valence-corrected chi connectivity index (χ3v) is 5.40. The first-order valence-corrected chi connectivity index (χ1v) is 8.41. The Hall–Kier alpha value is -1.56. The molecule has 2 saturated heterocycles. The van der Waals surface area contributed by atoms with Gasteiger partial charge in [0, 0.05) is 31.1 Å². The molecule has 1 atom stereocenters. The first-order chi connectivity index (χ1) is 10.2. The second kappa shape index (κ2) is 6.05. The van der Waals surface area contributed by atoms with E-state index < -0.39 is 0 Å². The Bertz CT molecular complexity index is 517. The van der Waals surface area contributed by atoms with Crippen molar-refractivity contribution in [3.05, 3.63) is 22.4 Å². The number of carbonyl (C=O) groups is 2. The molecule has 5 nitrogen and oxygen atoms in total. The van der Waals surface area contributed by atoms with E-state index >= 15 is 0 Å². The molecule has 0 saturated carbocycles. The zero-order valence-electron chi connectivity index (χ0n) is 12.1. The summed E-state index contributed by atoms with van der Waals surface area (Å²) in [5.74, 6) is 0.127. The SMILES string of the molecule is O=C(NCCc1cccs1)N1CC[C@]2(CCCNC2=O)C1. The van der Waals surface area contributed by atoms with Crippen molar-refractivity contribution in [1.82, 2.24) is 15.5 Å². The van der Waals surface area contributed by atoms with Crippen LogP contribution >= 0.6 is 11.3 Å². The number of hydrogen-bond acceptors (Lipinski definition) is 3. The molecule has 0 bridgehead atoms. The number of nitrogens with zero attached hydrogens (tertiary/aromatic N) is 1. The van der Waals surface area contributed by atoms with E-state index in [0.29, 0.717) is 19.6 Å². The van der Waals surface area contributed by atoms with E-state index in [-0.39, 0.29) is 17.4 Å². The number of piperidine rings is 1. The lowest BCUT2D eigenvalue weighted by atomic mass is 9.79. The minimum atomic E-state index is -0.330. The van der Waals surface area contributed by atoms with Gasteiger partial charge in [0.05, 0.1) is 5.41 Å². The number of thiophene rings is 1. The summed E-state index contributed by atoms with van der Waals surface area (Å²) in [6, 6.07) is 4.06. The standard InChI is InChI=1S/C15H21N3O2S/c19-13-15(5-2-7-16-13)6-9-18(11-15)14(20)17-8-4-12-3-1-10-21-12/h1,3,10H,2,4-9,11H2,(H,16,19)(H,17,20)/t15-/m1/s1. The minimum Gasteiger partial charge on any atom is -0.356 e. The lowest BCUT2D eigenvalue weighted by Crippen LogP contribution is -2.49. The quantitative estimate of drug-likeness (QED) is 0.891. The lowest BCUT2D eigenvalue weighted by molar-refractivity contribution is -0.132. The molecular formula is C15H21N3O2S. The Balaban J connectivity index is 1.49. The Morgan fingerprint density at radius 1 is 1.48 bits per heavy atom. The summed E-state index contributed by atoms with van der Waals surface area (Å²) < 4.78 is 0. The summed E-state index contributed by atoms with van der Waals surface area (Å²) in [5.41, 5.74) is -0.330. The first-order valence-electron chi connectivity index (χ1n) is 7.53. The summed E-state index contributed by atoms with van der Waals surface area (Å²) in [4.78, 5) is 27.3. The van der Waals surface area contributed by atoms with Crippen molar-refractivity contribution in [1.29, 1.82) is 0 Å². The summed E-state index contributed by atoms with van der Waals surface area (Å²) in [6.45, 7) is 2.66. The van der Waals surface area contributed by atoms with E-state index in [0.717, 1.165) is 32.2 Å². The van der Waals surface area contributed by atoms with Crippen molar-refractivity contribution in [2.75, 3.05) is 26.2 Å². The van der Waals surface area contributed by atoms with E-state index in [4.69, 9.17) is 0 Å². The van der Waals surface area contributed by atoms with Crippen LogP contribution in [0.15, 0.2) is 17.5 Å². The lowest BCUT2D eigenvalue weighted by Gasteiger charge is -2.32. The van der Waals surface area contributed by atoms with Gasteiger partial charge >= 0.3 is 6.03 Å². The second-order valence-corrected chi connectivity index (χ2v) is 6.90. The van der Waals surface area contributed by atoms with Gasteiger partial charge in [0.2, 0.25) is 5.91 Å². The van der Waals surface area contributed by atoms with Gasteiger partial charge in [-0.25, -0.2) is 4.79 Å². The van der Waals surface area contributed by atoms with Crippen molar-refractivity contribution in [2.45, 2.75) is 25.7 Å². The highest BCUT2D eigenvalue weighted by Crippen LogP contribution is 2.37. The third-order valence-electron chi connectivity index (χ3n) is 4.47. The van der Waals surface area contributed by atoms with Gasteiger partial charge in [-0.1, -0.05) is 6.07 Å². The average Bonchev–Trinajstić information content (AvgIpc) is 3.13. The molecule has 21 heavy (non-hydrogen) atoms. The molecule has 1 spiro atoms. The number of likely N-dealkylation sites (tertiary alicyclic amines) is 1. The zero-order valence-corrected chi connectivity index (χ0v) is 12.9. The maximum absolute atomic E-state index is 12.2. The van der Waals surface area contributed by atoms with Crippen LogP contribution in [-0.4, -0.2) is 43.0 Å². The number of amides is 3. The number of urea groups is 1. The molecule has 0 aromatic carbocycles. The van der Waals surface area contributed by atoms with Crippen molar-refractivity contribution < 1.29 is 9.59 Å². The van der Waals surface area contributed by atoms with Crippen LogP contribution in [-0.2, 0) is 11.2 Å². The van der Waals surface area contributed by atoms with Crippen LogP contribution < -0.4 is 10.6 Å². The molecule has 2 aliphatic rings. The van der Waals surface area contributed by atoms with Crippen LogP contribution in [0.4, 0.5) is 4.79 Å². The molecule has 2 aliphatic heterocycles. The van der Waals surface area contributed by atoms with Gasteiger partial charge in [-0.05, 0) is 37.1 Å². The minimum absolute atomic E-state index is 0.0400. The predicted octanol–water partition coefficient (Wildman–Crippen LogP) is 1.60. The van der Waals surface area contributed by atoms with E-state index in [1.807, 2.05) is 11.4 Å². The van der Waals surface area contributed by atoms with E-state index in [1.54, 1.807) is 16.2 Å². The highest BCUT2D eigenvalue weighted by Gasteiger charge is 2.46. The number of nitrogens with one attached hydrogen (secondary N) is 2. The molecule has 0 radical (unpaired) electrons. The van der Waals surface area contributed by atoms with E-state index in [2.05, 4.69) is 16.7 Å². The number of carbonyl (C=O) groups excluding carboxylic acids is 2. The highest BCUT2D eigenvalue weighted by molar-refractivity contribution is 7.09. The van der Waals surface area contributed by atoms with Crippen LogP contribution in [0.2, 0.25) is 0 Å². The molecule has 2 N–H and O–H groups in total. The first kappa shape index (κ1) is 14.4. The molecule has 114 valence electrons. The largest absolute Gasteiger partial charge is 0.356 e. The van der Waals surface area contributed by atoms with Crippen molar-refractivity contribution >= 4 is 23.3 Å². The van der Waals surface area contributed by atoms with Gasteiger partial charge in [0.15, 0.2) is 0 Å². The molecule has 1 aromatic heterocycles. The van der Waals surface area contributed by atoms with Crippen LogP contribution in [0.1, 0.15) is 24.1 Å². The zero-order chi connectivity index (χ0) is 14.7. The molecule has 3 amide bonds. The predicted molar refractivity (Wildman–Crippen MR) is 82.3 cm³/mol. The van der Waals surface area contributed by atoms with Crippen LogP contribution in [0.25, 0.3) is 0 Å². The van der Waals surface area contributed by atoms with Crippen molar-refractivity contribution in [3.8, 4) is 0 Å². The normalized spacial score (nSPS) is 25.1. The fourth-order valence-corrected chi connectivity index (χ4v) is 3.93. The van der Waals surface area contributed by atoms with E-state index in [9.17, 15) is 9.59 Å². The topological polar surface area (TPSA) is 61.4 Å². The Morgan fingerprint density at radius 3 is 3.14 bits per heavy atom. The number of rotatable bonds is 3. The molecule has 3 rings (SSSR count). The molecule has 3 heterocycles. The third kappa shape index (κ3) is 3.05. The monoisotopic (exact) mass is 307 g/mol. The summed E-state index contributed by atoms with van der Waals surface area (Å²) in [7, 11) is 0. The van der Waals surface area contributed by atoms with Gasteiger partial charge in [-0.15, -0.1) is 11.3 Å². The van der Waals surface area contributed by atoms with Gasteiger partial charge in [-0.3, -0.25) is 4.79 Å². The van der Waals surface area contributed by atoms with E-state index in [1.165, 1.54) is 4.88 Å². The molecule has 1 aromatic rings. The Kier molecular flexibility index (Phi) is 4.14. The van der Waals surface area contributed by atoms with Gasteiger partial charge in [0.1, 0.15) is 0 Å². The maximum Gasteiger partial charge on any atom is 0.317 e. The summed E-state index contributed by atoms with van der Waals surface area (Å²) >= 11 is 1.71. The Morgan fingerprint density at radius 2 is 2.38 bits per heavy atom. The fourth-order valence-electron chi connectivity index (χ4n) is 3.22. The average molecular weight is 307 g/mol. The second-order valence-electron chi connectivity index (χ2n) is 5.87. The van der Waals surface area contributed by atoms with Gasteiger partial charge in [-0.2, -0.15) is 0 Å². The van der Waals surface area contributed by atoms with Gasteiger partial charge in [0.25, 0.3) is 0 Å².